The number of esters is 1. The average molecular weight is 634 g/mol. The molecule has 1 aromatic rings. The second-order valence-electron chi connectivity index (χ2n) is 14.4. The van der Waals surface area contributed by atoms with Crippen molar-refractivity contribution in [2.45, 2.75) is 86.8 Å². The van der Waals surface area contributed by atoms with Crippen molar-refractivity contribution >= 4 is 15.8 Å². The number of aliphatic hydroxyl groups excluding tert-OH is 1. The molecular weight excluding hydrogens is 586 g/mol. The molecule has 10 nitrogen and oxygen atoms in total. The van der Waals surface area contributed by atoms with Crippen LogP contribution in [0.25, 0.3) is 0 Å². The van der Waals surface area contributed by atoms with E-state index in [2.05, 4.69) is 11.8 Å². The second kappa shape index (κ2) is 10.2. The molecule has 1 saturated heterocycles. The van der Waals surface area contributed by atoms with E-state index in [0.717, 1.165) is 0 Å². The summed E-state index contributed by atoms with van der Waals surface area (Å²) >= 11 is 0. The lowest BCUT2D eigenvalue weighted by Crippen LogP contribution is -2.82. The molecule has 11 heteroatoms. The molecule has 6 fully saturated rings. The van der Waals surface area contributed by atoms with Crippen LogP contribution >= 0.6 is 0 Å². The summed E-state index contributed by atoms with van der Waals surface area (Å²) < 4.78 is 43.8. The van der Waals surface area contributed by atoms with E-state index in [1.807, 2.05) is 0 Å². The SMILES string of the molecule is CCN1C[C@]2(OC(=O)c3ccccc3CS(=O)(=O)CC)CC[C@H](CO)[C@]34C1[C@H](CC23)[C@@]1(O)C[C@H](OC)[C@H]2CC4[C@]1(O)[C@H]2OC. The first-order valence-corrected chi connectivity index (χ1v) is 18.1. The Morgan fingerprint density at radius 1 is 1.09 bits per heavy atom. The Kier molecular flexibility index (Phi) is 7.19. The summed E-state index contributed by atoms with van der Waals surface area (Å²) in [6.07, 6.45) is 1.72. The number of ether oxygens (including phenoxy) is 3. The quantitative estimate of drug-likeness (QED) is 0.345. The highest BCUT2D eigenvalue weighted by atomic mass is 32.2. The second-order valence-corrected chi connectivity index (χ2v) is 16.8. The van der Waals surface area contributed by atoms with Crippen LogP contribution in [0.5, 0.6) is 0 Å². The van der Waals surface area contributed by atoms with Gasteiger partial charge in [-0.15, -0.1) is 0 Å². The number of benzene rings is 1. The molecule has 1 aromatic carbocycles. The van der Waals surface area contributed by atoms with Crippen LogP contribution in [0.1, 0.15) is 61.9 Å². The summed E-state index contributed by atoms with van der Waals surface area (Å²) in [5.74, 6) is -2.00. The predicted molar refractivity (Wildman–Crippen MR) is 160 cm³/mol. The van der Waals surface area contributed by atoms with Crippen LogP contribution in [0.3, 0.4) is 0 Å². The van der Waals surface area contributed by atoms with E-state index < -0.39 is 50.0 Å². The van der Waals surface area contributed by atoms with Crippen LogP contribution in [0.15, 0.2) is 24.3 Å². The van der Waals surface area contributed by atoms with Crippen LogP contribution in [0.4, 0.5) is 0 Å². The van der Waals surface area contributed by atoms with E-state index >= 15 is 0 Å². The van der Waals surface area contributed by atoms with Gasteiger partial charge in [0.2, 0.25) is 0 Å². The first kappa shape index (κ1) is 31.0. The van der Waals surface area contributed by atoms with Crippen molar-refractivity contribution < 1.29 is 42.7 Å². The number of aliphatic hydroxyl groups is 3. The maximum Gasteiger partial charge on any atom is 0.339 e. The zero-order valence-corrected chi connectivity index (χ0v) is 27.0. The first-order chi connectivity index (χ1) is 20.9. The van der Waals surface area contributed by atoms with Crippen molar-refractivity contribution in [2.24, 2.45) is 35.0 Å². The molecule has 44 heavy (non-hydrogen) atoms. The van der Waals surface area contributed by atoms with Gasteiger partial charge in [-0.3, -0.25) is 4.90 Å². The minimum absolute atomic E-state index is 0.0255. The van der Waals surface area contributed by atoms with Gasteiger partial charge >= 0.3 is 5.97 Å². The molecule has 1 aliphatic heterocycles. The molecule has 1 heterocycles. The van der Waals surface area contributed by atoms with Crippen molar-refractivity contribution in [1.82, 2.24) is 4.90 Å². The molecule has 6 aliphatic rings. The fourth-order valence-corrected chi connectivity index (χ4v) is 12.9. The summed E-state index contributed by atoms with van der Waals surface area (Å²) in [6, 6.07) is 6.66. The van der Waals surface area contributed by atoms with Gasteiger partial charge in [0.1, 0.15) is 16.8 Å². The predicted octanol–water partition coefficient (Wildman–Crippen LogP) is 1.79. The molecule has 5 aliphatic carbocycles. The minimum atomic E-state index is -3.39. The van der Waals surface area contributed by atoms with E-state index in [0.29, 0.717) is 50.8 Å². The number of hydrogen-bond acceptors (Lipinski definition) is 10. The lowest BCUT2D eigenvalue weighted by Gasteiger charge is -2.71. The zero-order chi connectivity index (χ0) is 31.4. The normalized spacial score (nSPS) is 47.1. The fourth-order valence-electron chi connectivity index (χ4n) is 12.0. The maximum absolute atomic E-state index is 14.2. The molecule has 244 valence electrons. The van der Waals surface area contributed by atoms with Gasteiger partial charge in [0.05, 0.1) is 23.5 Å². The Hall–Kier alpha value is -1.60. The fraction of sp³-hybridized carbons (Fsp3) is 0.788. The minimum Gasteiger partial charge on any atom is -0.454 e. The van der Waals surface area contributed by atoms with Crippen LogP contribution in [0, 0.1) is 35.0 Å². The third kappa shape index (κ3) is 3.63. The Morgan fingerprint density at radius 3 is 2.50 bits per heavy atom. The number of piperidine rings is 1. The lowest BCUT2D eigenvalue weighted by atomic mass is 9.42. The van der Waals surface area contributed by atoms with Gasteiger partial charge in [-0.25, -0.2) is 13.2 Å². The Morgan fingerprint density at radius 2 is 1.84 bits per heavy atom. The average Bonchev–Trinajstić information content (AvgIpc) is 3.43. The molecule has 3 unspecified atom stereocenters. The third-order valence-electron chi connectivity index (χ3n) is 13.4. The van der Waals surface area contributed by atoms with Crippen molar-refractivity contribution in [3.8, 4) is 0 Å². The third-order valence-corrected chi connectivity index (χ3v) is 15.0. The summed E-state index contributed by atoms with van der Waals surface area (Å²) in [5, 5.41) is 36.7. The molecule has 7 bridgehead atoms. The molecule has 5 saturated carbocycles. The summed E-state index contributed by atoms with van der Waals surface area (Å²) in [6.45, 7) is 4.76. The number of sulfone groups is 1. The van der Waals surface area contributed by atoms with Crippen LogP contribution < -0.4 is 0 Å². The highest BCUT2D eigenvalue weighted by Crippen LogP contribution is 2.80. The van der Waals surface area contributed by atoms with Gasteiger partial charge in [-0.1, -0.05) is 32.0 Å². The van der Waals surface area contributed by atoms with E-state index in [1.54, 1.807) is 45.4 Å². The van der Waals surface area contributed by atoms with Crippen LogP contribution in [-0.4, -0.2) is 109 Å². The lowest BCUT2D eigenvalue weighted by molar-refractivity contribution is -0.333. The van der Waals surface area contributed by atoms with Gasteiger partial charge < -0.3 is 29.5 Å². The number of nitrogens with zero attached hydrogens (tertiary/aromatic N) is 1. The summed E-state index contributed by atoms with van der Waals surface area (Å²) in [4.78, 5) is 16.5. The molecule has 1 spiro atoms. The Labute approximate surface area is 260 Å². The highest BCUT2D eigenvalue weighted by molar-refractivity contribution is 7.90. The molecule has 12 atom stereocenters. The molecule has 0 radical (unpaired) electrons. The number of carbonyl (C=O) groups is 1. The van der Waals surface area contributed by atoms with E-state index in [-0.39, 0.29) is 59.5 Å². The van der Waals surface area contributed by atoms with Gasteiger partial charge in [0.15, 0.2) is 9.84 Å². The van der Waals surface area contributed by atoms with Gasteiger partial charge in [0.25, 0.3) is 0 Å². The molecular formula is C33H47NO9S. The Bertz CT molecular complexity index is 1440. The van der Waals surface area contributed by atoms with E-state index in [4.69, 9.17) is 14.2 Å². The van der Waals surface area contributed by atoms with E-state index in [9.17, 15) is 28.5 Å². The number of hydrogen-bond donors (Lipinski definition) is 3. The summed E-state index contributed by atoms with van der Waals surface area (Å²) in [5.41, 5.74) is -3.88. The summed E-state index contributed by atoms with van der Waals surface area (Å²) in [7, 11) is -0.137. The maximum atomic E-state index is 14.2. The molecule has 7 rings (SSSR count). The number of likely N-dealkylation sites (tertiary alicyclic amines) is 1. The molecule has 0 aromatic heterocycles. The number of fused-ring (bicyclic) bond motifs is 2. The largest absolute Gasteiger partial charge is 0.454 e. The molecule has 3 N–H and O–H groups in total. The van der Waals surface area contributed by atoms with Gasteiger partial charge in [-0.05, 0) is 49.8 Å². The first-order valence-electron chi connectivity index (χ1n) is 16.3. The van der Waals surface area contributed by atoms with Crippen LogP contribution in [-0.2, 0) is 29.8 Å². The van der Waals surface area contributed by atoms with Crippen molar-refractivity contribution in [3.63, 3.8) is 0 Å². The van der Waals surface area contributed by atoms with Crippen LogP contribution in [0.2, 0.25) is 0 Å². The molecule has 0 amide bonds. The smallest absolute Gasteiger partial charge is 0.339 e. The number of carbonyl (C=O) groups excluding carboxylic acids is 1. The van der Waals surface area contributed by atoms with Gasteiger partial charge in [0, 0.05) is 74.7 Å². The number of methoxy groups -OCH3 is 2. The number of rotatable bonds is 9. The Balaban J connectivity index is 1.36. The van der Waals surface area contributed by atoms with Crippen molar-refractivity contribution in [3.05, 3.63) is 35.4 Å². The standard InChI is InChI=1S/C33H47NO9S/c1-5-34-18-30(43-29(36)21-10-8-7-9-19(21)17-44(39,40)6-2)12-11-20(16-35)32-25(30)14-23(27(32)34)31(37)15-24(41-3)22-13-26(32)33(31,38)28(22)42-4/h7-10,20,22-28,35,37-38H,5-6,11-18H2,1-4H3/t20-,22-,23+,24+,25?,26?,27?,28+,30-,31+,32+,33+/m1/s1. The monoisotopic (exact) mass is 633 g/mol. The topological polar surface area (TPSA) is 143 Å². The van der Waals surface area contributed by atoms with Crippen molar-refractivity contribution in [2.75, 3.05) is 39.7 Å². The zero-order valence-electron chi connectivity index (χ0n) is 26.1. The van der Waals surface area contributed by atoms with Gasteiger partial charge in [-0.2, -0.15) is 0 Å². The highest BCUT2D eigenvalue weighted by Gasteiger charge is 2.88. The van der Waals surface area contributed by atoms with E-state index in [1.165, 1.54) is 0 Å². The van der Waals surface area contributed by atoms with Crippen molar-refractivity contribution in [1.29, 1.82) is 0 Å². The number of likely N-dealkylation sites (N-methyl/N-ethyl adjacent to an activating group) is 1.